The highest BCUT2D eigenvalue weighted by molar-refractivity contribution is 8.01. The second-order valence-electron chi connectivity index (χ2n) is 9.02. The van der Waals surface area contributed by atoms with Gasteiger partial charge in [-0.3, -0.25) is 19.1 Å². The van der Waals surface area contributed by atoms with Crippen LogP contribution in [0.2, 0.25) is 0 Å². The van der Waals surface area contributed by atoms with Gasteiger partial charge in [-0.2, -0.15) is 13.2 Å². The Morgan fingerprint density at radius 3 is 2.43 bits per heavy atom. The SMILES string of the molecule is CC(C)(C)OC(=O)n1cc(C(=O)C2CSN(c3cccnc3)C2C(=O)C(F)(F)F)c2ccccc21. The molecule has 1 saturated heterocycles. The molecule has 2 aromatic heterocycles. The summed E-state index contributed by atoms with van der Waals surface area (Å²) < 4.78 is 48.5. The first kappa shape index (κ1) is 24.8. The lowest BCUT2D eigenvalue weighted by atomic mass is 9.89. The number of Topliss-reactive ketones (excluding diaryl/α,β-unsaturated/α-hetero) is 2. The van der Waals surface area contributed by atoms with Gasteiger partial charge in [-0.1, -0.05) is 18.2 Å². The zero-order valence-electron chi connectivity index (χ0n) is 19.1. The molecule has 0 saturated carbocycles. The molecule has 0 radical (unpaired) electrons. The predicted molar refractivity (Wildman–Crippen MR) is 125 cm³/mol. The first-order valence-electron chi connectivity index (χ1n) is 10.7. The minimum absolute atomic E-state index is 0.0464. The van der Waals surface area contributed by atoms with Gasteiger partial charge in [0.25, 0.3) is 5.78 Å². The van der Waals surface area contributed by atoms with Gasteiger partial charge in [0.1, 0.15) is 11.6 Å². The maximum atomic E-state index is 13.7. The number of fused-ring (bicyclic) bond motifs is 1. The molecule has 11 heteroatoms. The lowest BCUT2D eigenvalue weighted by Gasteiger charge is -2.27. The van der Waals surface area contributed by atoms with E-state index >= 15 is 0 Å². The third-order valence-electron chi connectivity index (χ3n) is 5.38. The quantitative estimate of drug-likeness (QED) is 0.352. The van der Waals surface area contributed by atoms with E-state index in [1.807, 2.05) is 0 Å². The highest BCUT2D eigenvalue weighted by atomic mass is 32.2. The van der Waals surface area contributed by atoms with Crippen LogP contribution >= 0.6 is 11.9 Å². The molecule has 7 nitrogen and oxygen atoms in total. The monoisotopic (exact) mass is 505 g/mol. The predicted octanol–water partition coefficient (Wildman–Crippen LogP) is 5.29. The highest BCUT2D eigenvalue weighted by Crippen LogP contribution is 2.41. The van der Waals surface area contributed by atoms with E-state index in [-0.39, 0.29) is 17.0 Å². The van der Waals surface area contributed by atoms with Crippen LogP contribution in [0.3, 0.4) is 0 Å². The van der Waals surface area contributed by atoms with Crippen LogP contribution < -0.4 is 4.31 Å². The average molecular weight is 506 g/mol. The standard InChI is InChI=1S/C24H22F3N3O4S/c1-23(2,3)34-22(33)29-12-16(15-8-4-5-9-18(15)29)20(31)17-13-35-30(14-7-6-10-28-11-14)19(17)21(32)24(25,26)27/h4-12,17,19H,13H2,1-3H3. The summed E-state index contributed by atoms with van der Waals surface area (Å²) >= 11 is 0.959. The van der Waals surface area contributed by atoms with Crippen molar-refractivity contribution in [3.8, 4) is 0 Å². The Bertz CT molecular complexity index is 1280. The van der Waals surface area contributed by atoms with Gasteiger partial charge in [0.15, 0.2) is 5.78 Å². The number of para-hydroxylation sites is 1. The molecule has 35 heavy (non-hydrogen) atoms. The molecular formula is C24H22F3N3O4S. The molecule has 0 spiro atoms. The smallest absolute Gasteiger partial charge is 0.443 e. The van der Waals surface area contributed by atoms with Gasteiger partial charge < -0.3 is 9.04 Å². The molecule has 1 aromatic carbocycles. The summed E-state index contributed by atoms with van der Waals surface area (Å²) in [7, 11) is 0. The Hall–Kier alpha value is -3.34. The summed E-state index contributed by atoms with van der Waals surface area (Å²) in [6.45, 7) is 5.08. The number of nitrogens with zero attached hydrogens (tertiary/aromatic N) is 3. The molecule has 1 fully saturated rings. The lowest BCUT2D eigenvalue weighted by molar-refractivity contribution is -0.172. The van der Waals surface area contributed by atoms with Crippen LogP contribution in [-0.4, -0.2) is 50.8 Å². The van der Waals surface area contributed by atoms with E-state index in [0.717, 1.165) is 16.5 Å². The maximum Gasteiger partial charge on any atom is 0.452 e. The summed E-state index contributed by atoms with van der Waals surface area (Å²) in [5.41, 5.74) is -0.0985. The molecular weight excluding hydrogens is 483 g/mol. The molecule has 0 aliphatic carbocycles. The topological polar surface area (TPSA) is 81.5 Å². The van der Waals surface area contributed by atoms with Crippen molar-refractivity contribution in [1.29, 1.82) is 0 Å². The van der Waals surface area contributed by atoms with Crippen LogP contribution in [0.25, 0.3) is 10.9 Å². The number of alkyl halides is 3. The second-order valence-corrected chi connectivity index (χ2v) is 10.0. The number of halogens is 3. The molecule has 2 atom stereocenters. The Kier molecular flexibility index (Phi) is 6.39. The van der Waals surface area contributed by atoms with Crippen LogP contribution in [0.15, 0.2) is 55.0 Å². The molecule has 1 aliphatic heterocycles. The fourth-order valence-corrected chi connectivity index (χ4v) is 5.24. The molecule has 4 rings (SSSR count). The van der Waals surface area contributed by atoms with Crippen LogP contribution in [0.1, 0.15) is 31.1 Å². The zero-order chi connectivity index (χ0) is 25.5. The number of pyridine rings is 1. The number of carbonyl (C=O) groups excluding carboxylic acids is 3. The fraction of sp³-hybridized carbons (Fsp3) is 0.333. The van der Waals surface area contributed by atoms with E-state index in [4.69, 9.17) is 4.74 Å². The van der Waals surface area contributed by atoms with E-state index < -0.39 is 41.4 Å². The van der Waals surface area contributed by atoms with Gasteiger partial charge in [-0.15, -0.1) is 0 Å². The van der Waals surface area contributed by atoms with Crippen molar-refractivity contribution in [3.05, 3.63) is 60.6 Å². The summed E-state index contributed by atoms with van der Waals surface area (Å²) in [5, 5.41) is 0.381. The molecule has 1 aliphatic rings. The summed E-state index contributed by atoms with van der Waals surface area (Å²) in [5.74, 6) is -4.02. The number of rotatable bonds is 4. The first-order valence-corrected chi connectivity index (χ1v) is 11.6. The lowest BCUT2D eigenvalue weighted by Crippen LogP contribution is -2.47. The van der Waals surface area contributed by atoms with Crippen LogP contribution in [0, 0.1) is 5.92 Å². The van der Waals surface area contributed by atoms with Crippen molar-refractivity contribution in [3.63, 3.8) is 0 Å². The highest BCUT2D eigenvalue weighted by Gasteiger charge is 2.54. The number of ketones is 2. The number of hydrogen-bond acceptors (Lipinski definition) is 7. The molecule has 3 heterocycles. The molecule has 184 valence electrons. The molecule has 0 amide bonds. The molecule has 0 bridgehead atoms. The van der Waals surface area contributed by atoms with Crippen LogP contribution in [0.5, 0.6) is 0 Å². The summed E-state index contributed by atoms with van der Waals surface area (Å²) in [6.07, 6.45) is -1.80. The number of hydrogen-bond donors (Lipinski definition) is 0. The van der Waals surface area contributed by atoms with Gasteiger partial charge in [0.05, 0.1) is 23.3 Å². The molecule has 0 N–H and O–H groups in total. The molecule has 2 unspecified atom stereocenters. The van der Waals surface area contributed by atoms with E-state index in [1.165, 1.54) is 35.0 Å². The average Bonchev–Trinajstić information content (AvgIpc) is 3.39. The van der Waals surface area contributed by atoms with E-state index in [1.54, 1.807) is 45.0 Å². The third kappa shape index (κ3) is 4.90. The number of benzene rings is 1. The van der Waals surface area contributed by atoms with Crippen molar-refractivity contribution >= 4 is 46.2 Å². The minimum Gasteiger partial charge on any atom is -0.443 e. The number of aromatic nitrogens is 2. The van der Waals surface area contributed by atoms with Crippen LogP contribution in [0.4, 0.5) is 23.7 Å². The van der Waals surface area contributed by atoms with Gasteiger partial charge >= 0.3 is 12.3 Å². The fourth-order valence-electron chi connectivity index (χ4n) is 3.93. The third-order valence-corrected chi connectivity index (χ3v) is 6.60. The Morgan fingerprint density at radius 1 is 1.09 bits per heavy atom. The van der Waals surface area contributed by atoms with Crippen molar-refractivity contribution in [2.24, 2.45) is 5.92 Å². The Balaban J connectivity index is 1.77. The van der Waals surface area contributed by atoms with E-state index in [2.05, 4.69) is 4.98 Å². The van der Waals surface area contributed by atoms with E-state index in [9.17, 15) is 27.6 Å². The van der Waals surface area contributed by atoms with Gasteiger partial charge in [-0.05, 0) is 50.9 Å². The van der Waals surface area contributed by atoms with Gasteiger partial charge in [-0.25, -0.2) is 4.79 Å². The second kappa shape index (κ2) is 9.03. The molecule has 3 aromatic rings. The van der Waals surface area contributed by atoms with Crippen LogP contribution in [-0.2, 0) is 9.53 Å². The maximum absolute atomic E-state index is 13.7. The zero-order valence-corrected chi connectivity index (χ0v) is 19.9. The van der Waals surface area contributed by atoms with Crippen molar-refractivity contribution in [1.82, 2.24) is 9.55 Å². The number of anilines is 1. The van der Waals surface area contributed by atoms with Crippen molar-refractivity contribution < 1.29 is 32.3 Å². The van der Waals surface area contributed by atoms with E-state index in [0.29, 0.717) is 10.9 Å². The number of ether oxygens (including phenoxy) is 1. The minimum atomic E-state index is -5.14. The Labute approximate surface area is 203 Å². The summed E-state index contributed by atoms with van der Waals surface area (Å²) in [4.78, 5) is 42.9. The number of carbonyl (C=O) groups is 3. The normalized spacial score (nSPS) is 18.6. The Morgan fingerprint density at radius 2 is 1.80 bits per heavy atom. The summed E-state index contributed by atoms with van der Waals surface area (Å²) in [6, 6.07) is 7.82. The largest absolute Gasteiger partial charge is 0.452 e. The first-order chi connectivity index (χ1) is 16.4. The van der Waals surface area contributed by atoms with Gasteiger partial charge in [0.2, 0.25) is 0 Å². The van der Waals surface area contributed by atoms with Crippen molar-refractivity contribution in [2.45, 2.75) is 38.6 Å². The van der Waals surface area contributed by atoms with Gasteiger partial charge in [0, 0.05) is 29.1 Å². The van der Waals surface area contributed by atoms with Crippen molar-refractivity contribution in [2.75, 3.05) is 10.1 Å².